The van der Waals surface area contributed by atoms with Crippen LogP contribution in [-0.2, 0) is 14.8 Å². The van der Waals surface area contributed by atoms with Gasteiger partial charge in [-0.15, -0.1) is 0 Å². The minimum absolute atomic E-state index is 0.0244. The summed E-state index contributed by atoms with van der Waals surface area (Å²) >= 11 is 0. The van der Waals surface area contributed by atoms with Gasteiger partial charge in [-0.05, 0) is 37.1 Å². The lowest BCUT2D eigenvalue weighted by Crippen LogP contribution is -2.34. The van der Waals surface area contributed by atoms with Crippen molar-refractivity contribution in [3.8, 4) is 0 Å². The zero-order valence-electron chi connectivity index (χ0n) is 11.3. The molecule has 1 aliphatic rings. The zero-order chi connectivity index (χ0) is 13.9. The molecule has 6 heteroatoms. The predicted molar refractivity (Wildman–Crippen MR) is 74.8 cm³/mol. The maximum atomic E-state index is 12.4. The van der Waals surface area contributed by atoms with Crippen molar-refractivity contribution in [2.24, 2.45) is 0 Å². The van der Waals surface area contributed by atoms with Gasteiger partial charge >= 0.3 is 0 Å². The first-order valence-electron chi connectivity index (χ1n) is 6.40. The van der Waals surface area contributed by atoms with Crippen molar-refractivity contribution >= 4 is 15.7 Å². The van der Waals surface area contributed by atoms with Crippen molar-refractivity contribution in [1.82, 2.24) is 4.31 Å². The van der Waals surface area contributed by atoms with E-state index in [4.69, 9.17) is 4.74 Å². The first kappa shape index (κ1) is 14.3. The van der Waals surface area contributed by atoms with Crippen molar-refractivity contribution in [2.45, 2.75) is 23.8 Å². The Kier molecular flexibility index (Phi) is 4.44. The molecular formula is C13H20N2O3S. The van der Waals surface area contributed by atoms with Crippen molar-refractivity contribution in [2.75, 3.05) is 32.6 Å². The predicted octanol–water partition coefficient (Wildman–Crippen LogP) is 1.53. The van der Waals surface area contributed by atoms with Crippen LogP contribution in [0.5, 0.6) is 0 Å². The number of hydrogen-bond donors (Lipinski definition) is 1. The number of ether oxygens (including phenoxy) is 1. The average molecular weight is 284 g/mol. The van der Waals surface area contributed by atoms with Crippen LogP contribution >= 0.6 is 0 Å². The fraction of sp³-hybridized carbons (Fsp3) is 0.538. The quantitative estimate of drug-likeness (QED) is 0.891. The van der Waals surface area contributed by atoms with Gasteiger partial charge in [0.2, 0.25) is 10.0 Å². The Morgan fingerprint density at radius 2 is 2.05 bits per heavy atom. The number of rotatable bonds is 5. The van der Waals surface area contributed by atoms with Gasteiger partial charge in [0.05, 0.1) is 11.0 Å². The van der Waals surface area contributed by atoms with Gasteiger partial charge in [-0.3, -0.25) is 0 Å². The van der Waals surface area contributed by atoms with E-state index in [1.807, 2.05) is 0 Å². The van der Waals surface area contributed by atoms with E-state index in [0.717, 1.165) is 25.1 Å². The molecule has 0 spiro atoms. The van der Waals surface area contributed by atoms with Gasteiger partial charge in [-0.25, -0.2) is 8.42 Å². The van der Waals surface area contributed by atoms with Gasteiger partial charge < -0.3 is 10.1 Å². The monoisotopic (exact) mass is 284 g/mol. The first-order chi connectivity index (χ1) is 9.04. The molecule has 1 unspecified atom stereocenters. The Balaban J connectivity index is 2.10. The second kappa shape index (κ2) is 5.90. The van der Waals surface area contributed by atoms with Gasteiger partial charge in [-0.2, -0.15) is 4.31 Å². The summed E-state index contributed by atoms with van der Waals surface area (Å²) in [7, 11) is -0.0270. The lowest BCUT2D eigenvalue weighted by Gasteiger charge is -2.20. The first-order valence-corrected chi connectivity index (χ1v) is 7.84. The molecule has 1 fully saturated rings. The van der Waals surface area contributed by atoms with Crippen molar-refractivity contribution in [3.63, 3.8) is 0 Å². The molecule has 1 saturated heterocycles. The summed E-state index contributed by atoms with van der Waals surface area (Å²) in [5.74, 6) is 0. The second-order valence-electron chi connectivity index (χ2n) is 4.69. The van der Waals surface area contributed by atoms with Gasteiger partial charge in [0.25, 0.3) is 0 Å². The fourth-order valence-corrected chi connectivity index (χ4v) is 3.35. The fourth-order valence-electron chi connectivity index (χ4n) is 2.15. The maximum absolute atomic E-state index is 12.4. The molecule has 106 valence electrons. The summed E-state index contributed by atoms with van der Waals surface area (Å²) in [5, 5.41) is 2.97. The van der Waals surface area contributed by atoms with E-state index in [0.29, 0.717) is 11.4 Å². The average Bonchev–Trinajstić information content (AvgIpc) is 2.91. The van der Waals surface area contributed by atoms with Crippen LogP contribution in [0.3, 0.4) is 0 Å². The van der Waals surface area contributed by atoms with E-state index in [2.05, 4.69) is 5.32 Å². The van der Waals surface area contributed by atoms with Crippen LogP contribution in [0.4, 0.5) is 5.69 Å². The number of likely N-dealkylation sites (N-methyl/N-ethyl adjacent to an activating group) is 1. The van der Waals surface area contributed by atoms with E-state index in [-0.39, 0.29) is 6.10 Å². The Hall–Kier alpha value is -1.11. The number of nitrogens with one attached hydrogen (secondary N) is 1. The van der Waals surface area contributed by atoms with E-state index in [9.17, 15) is 8.42 Å². The van der Waals surface area contributed by atoms with Gasteiger partial charge in [0.1, 0.15) is 0 Å². The number of anilines is 1. The van der Waals surface area contributed by atoms with Crippen LogP contribution in [0.15, 0.2) is 29.2 Å². The molecule has 2 rings (SSSR count). The SMILES string of the molecule is CNc1ccc(S(=O)(=O)N(C)CC2CCCO2)cc1. The standard InChI is InChI=1S/C13H20N2O3S/c1-14-11-5-7-13(8-6-11)19(16,17)15(2)10-12-4-3-9-18-12/h5-8,12,14H,3-4,9-10H2,1-2H3. The third-order valence-electron chi connectivity index (χ3n) is 3.34. The molecule has 19 heavy (non-hydrogen) atoms. The van der Waals surface area contributed by atoms with Crippen LogP contribution < -0.4 is 5.32 Å². The van der Waals surface area contributed by atoms with Crippen LogP contribution in [0.25, 0.3) is 0 Å². The van der Waals surface area contributed by atoms with E-state index >= 15 is 0 Å². The zero-order valence-corrected chi connectivity index (χ0v) is 12.1. The van der Waals surface area contributed by atoms with Crippen LogP contribution in [0.1, 0.15) is 12.8 Å². The molecule has 0 aromatic heterocycles. The highest BCUT2D eigenvalue weighted by molar-refractivity contribution is 7.89. The molecule has 0 radical (unpaired) electrons. The normalized spacial score (nSPS) is 19.8. The number of hydrogen-bond acceptors (Lipinski definition) is 4. The highest BCUT2D eigenvalue weighted by atomic mass is 32.2. The number of sulfonamides is 1. The summed E-state index contributed by atoms with van der Waals surface area (Å²) < 4.78 is 31.6. The van der Waals surface area contributed by atoms with Gasteiger partial charge in [0.15, 0.2) is 0 Å². The minimum Gasteiger partial charge on any atom is -0.388 e. The van der Waals surface area contributed by atoms with Crippen LogP contribution in [0.2, 0.25) is 0 Å². The van der Waals surface area contributed by atoms with Crippen molar-refractivity contribution in [1.29, 1.82) is 0 Å². The molecule has 0 bridgehead atoms. The summed E-state index contributed by atoms with van der Waals surface area (Å²) in [4.78, 5) is 0.312. The maximum Gasteiger partial charge on any atom is 0.242 e. The van der Waals surface area contributed by atoms with Gasteiger partial charge in [-0.1, -0.05) is 0 Å². The van der Waals surface area contributed by atoms with Crippen molar-refractivity contribution in [3.05, 3.63) is 24.3 Å². The molecule has 1 aliphatic heterocycles. The van der Waals surface area contributed by atoms with Crippen molar-refractivity contribution < 1.29 is 13.2 Å². The molecule has 0 aliphatic carbocycles. The Bertz CT molecular complexity index is 507. The second-order valence-corrected chi connectivity index (χ2v) is 6.74. The molecule has 5 nitrogen and oxygen atoms in total. The third-order valence-corrected chi connectivity index (χ3v) is 5.17. The van der Waals surface area contributed by atoms with E-state index in [1.165, 1.54) is 4.31 Å². The van der Waals surface area contributed by atoms with Crippen LogP contribution in [-0.4, -0.2) is 46.1 Å². The molecule has 1 aromatic carbocycles. The third kappa shape index (κ3) is 3.26. The molecule has 1 heterocycles. The number of benzene rings is 1. The molecule has 1 aromatic rings. The largest absolute Gasteiger partial charge is 0.388 e. The molecule has 0 amide bonds. The lowest BCUT2D eigenvalue weighted by atomic mass is 10.2. The van der Waals surface area contributed by atoms with E-state index < -0.39 is 10.0 Å². The van der Waals surface area contributed by atoms with E-state index in [1.54, 1.807) is 38.4 Å². The molecular weight excluding hydrogens is 264 g/mol. The summed E-state index contributed by atoms with van der Waals surface area (Å²) in [6.45, 7) is 1.14. The topological polar surface area (TPSA) is 58.6 Å². The molecule has 1 atom stereocenters. The van der Waals surface area contributed by atoms with Crippen LogP contribution in [0, 0.1) is 0 Å². The Morgan fingerprint density at radius 3 is 2.58 bits per heavy atom. The van der Waals surface area contributed by atoms with Gasteiger partial charge in [0, 0.05) is 32.9 Å². The highest BCUT2D eigenvalue weighted by Crippen LogP contribution is 2.20. The smallest absolute Gasteiger partial charge is 0.242 e. The molecule has 0 saturated carbocycles. The lowest BCUT2D eigenvalue weighted by molar-refractivity contribution is 0.0979. The summed E-state index contributed by atoms with van der Waals surface area (Å²) in [5.41, 5.74) is 0.890. The number of nitrogens with zero attached hydrogens (tertiary/aromatic N) is 1. The highest BCUT2D eigenvalue weighted by Gasteiger charge is 2.25. The Morgan fingerprint density at radius 1 is 1.37 bits per heavy atom. The Labute approximate surface area is 114 Å². The minimum atomic E-state index is -3.43. The molecule has 1 N–H and O–H groups in total. The summed E-state index contributed by atoms with van der Waals surface area (Å²) in [6.07, 6.45) is 1.96. The summed E-state index contributed by atoms with van der Waals surface area (Å²) in [6, 6.07) is 6.75.